The van der Waals surface area contributed by atoms with Gasteiger partial charge < -0.3 is 5.21 Å². The van der Waals surface area contributed by atoms with Gasteiger partial charge in [-0.3, -0.25) is 4.90 Å². The highest BCUT2D eigenvalue weighted by Crippen LogP contribution is 2.13. The summed E-state index contributed by atoms with van der Waals surface area (Å²) in [5, 5.41) is 12.5. The van der Waals surface area contributed by atoms with Gasteiger partial charge in [-0.05, 0) is 12.1 Å². The summed E-state index contributed by atoms with van der Waals surface area (Å²) in [5.41, 5.74) is 1.52. The maximum Gasteiger partial charge on any atom is 0.101 e. The molecule has 0 amide bonds. The van der Waals surface area contributed by atoms with Gasteiger partial charge in [0.2, 0.25) is 0 Å². The Morgan fingerprint density at radius 1 is 1.33 bits per heavy atom. The monoisotopic (exact) mass is 308 g/mol. The zero-order valence-electron chi connectivity index (χ0n) is 10.2. The molecular weight excluding hydrogens is 292 g/mol. The molecular formula is C14H17BrN2O. The highest BCUT2D eigenvalue weighted by molar-refractivity contribution is 9.10. The van der Waals surface area contributed by atoms with E-state index >= 15 is 0 Å². The summed E-state index contributed by atoms with van der Waals surface area (Å²) in [5.74, 6) is 0. The van der Waals surface area contributed by atoms with Crippen molar-refractivity contribution in [2.24, 2.45) is 5.16 Å². The Bertz CT molecular complexity index is 433. The lowest BCUT2D eigenvalue weighted by molar-refractivity contribution is 0.311. The van der Waals surface area contributed by atoms with Crippen molar-refractivity contribution in [2.75, 3.05) is 19.6 Å². The summed E-state index contributed by atoms with van der Waals surface area (Å²) in [4.78, 5) is 2.08. The third kappa shape index (κ3) is 4.47. The number of hydrogen-bond acceptors (Lipinski definition) is 3. The standard InChI is InChI=1S/C14H17BrN2O/c1-3-8-17(9-4-2)11-14(16-18)12-6-5-7-13(15)10-12/h3-7,10,18H,1-2,8-9,11H2/b16-14-. The van der Waals surface area contributed by atoms with Crippen LogP contribution in [0.25, 0.3) is 0 Å². The van der Waals surface area contributed by atoms with Crippen LogP contribution in [-0.2, 0) is 0 Å². The quantitative estimate of drug-likeness (QED) is 0.363. The highest BCUT2D eigenvalue weighted by atomic mass is 79.9. The predicted molar refractivity (Wildman–Crippen MR) is 79.3 cm³/mol. The Morgan fingerprint density at radius 2 is 2.00 bits per heavy atom. The molecule has 0 atom stereocenters. The van der Waals surface area contributed by atoms with E-state index in [1.54, 1.807) is 0 Å². The molecule has 0 spiro atoms. The lowest BCUT2D eigenvalue weighted by Crippen LogP contribution is -2.30. The van der Waals surface area contributed by atoms with Crippen molar-refractivity contribution in [3.8, 4) is 0 Å². The first-order valence-corrected chi connectivity index (χ1v) is 6.41. The first-order chi connectivity index (χ1) is 8.71. The summed E-state index contributed by atoms with van der Waals surface area (Å²) < 4.78 is 0.958. The first-order valence-electron chi connectivity index (χ1n) is 5.62. The normalized spacial score (nSPS) is 11.6. The third-order valence-electron chi connectivity index (χ3n) is 2.43. The molecule has 1 N–H and O–H groups in total. The zero-order valence-corrected chi connectivity index (χ0v) is 11.8. The Morgan fingerprint density at radius 3 is 2.50 bits per heavy atom. The van der Waals surface area contributed by atoms with Crippen LogP contribution >= 0.6 is 15.9 Å². The molecule has 0 radical (unpaired) electrons. The van der Waals surface area contributed by atoms with Crippen LogP contribution < -0.4 is 0 Å². The summed E-state index contributed by atoms with van der Waals surface area (Å²) in [7, 11) is 0. The Hall–Kier alpha value is -1.39. The van der Waals surface area contributed by atoms with Gasteiger partial charge in [0.15, 0.2) is 0 Å². The van der Waals surface area contributed by atoms with Gasteiger partial charge in [0.05, 0.1) is 0 Å². The van der Waals surface area contributed by atoms with Gasteiger partial charge in [-0.1, -0.05) is 45.4 Å². The predicted octanol–water partition coefficient (Wildman–Crippen LogP) is 3.30. The first kappa shape index (κ1) is 14.7. The second-order valence-corrected chi connectivity index (χ2v) is 4.74. The van der Waals surface area contributed by atoms with Gasteiger partial charge in [-0.2, -0.15) is 0 Å². The Balaban J connectivity index is 2.83. The van der Waals surface area contributed by atoms with E-state index in [-0.39, 0.29) is 0 Å². The largest absolute Gasteiger partial charge is 0.411 e. The molecule has 1 rings (SSSR count). The van der Waals surface area contributed by atoms with Crippen LogP contribution in [0.4, 0.5) is 0 Å². The molecule has 0 aromatic heterocycles. The molecule has 96 valence electrons. The maximum absolute atomic E-state index is 9.15. The van der Waals surface area contributed by atoms with Gasteiger partial charge in [0, 0.05) is 29.7 Å². The minimum atomic E-state index is 0.547. The number of halogens is 1. The topological polar surface area (TPSA) is 35.8 Å². The smallest absolute Gasteiger partial charge is 0.101 e. The zero-order chi connectivity index (χ0) is 13.4. The van der Waals surface area contributed by atoms with Crippen molar-refractivity contribution in [3.63, 3.8) is 0 Å². The van der Waals surface area contributed by atoms with E-state index in [0.29, 0.717) is 12.3 Å². The van der Waals surface area contributed by atoms with Gasteiger partial charge >= 0.3 is 0 Å². The van der Waals surface area contributed by atoms with E-state index < -0.39 is 0 Å². The van der Waals surface area contributed by atoms with E-state index in [1.807, 2.05) is 36.4 Å². The second kappa shape index (κ2) is 7.84. The van der Waals surface area contributed by atoms with Crippen LogP contribution in [-0.4, -0.2) is 35.5 Å². The molecule has 0 bridgehead atoms. The fourth-order valence-electron chi connectivity index (χ4n) is 1.63. The number of nitrogens with zero attached hydrogens (tertiary/aromatic N) is 2. The second-order valence-electron chi connectivity index (χ2n) is 3.83. The molecule has 0 aliphatic heterocycles. The van der Waals surface area contributed by atoms with E-state index in [2.05, 4.69) is 39.1 Å². The van der Waals surface area contributed by atoms with Crippen molar-refractivity contribution in [2.45, 2.75) is 0 Å². The molecule has 3 nitrogen and oxygen atoms in total. The van der Waals surface area contributed by atoms with Gasteiger partial charge in [-0.25, -0.2) is 0 Å². The third-order valence-corrected chi connectivity index (χ3v) is 2.92. The summed E-state index contributed by atoms with van der Waals surface area (Å²) in [6.07, 6.45) is 3.64. The van der Waals surface area contributed by atoms with Gasteiger partial charge in [0.25, 0.3) is 0 Å². The number of oxime groups is 1. The van der Waals surface area contributed by atoms with Crippen molar-refractivity contribution in [1.29, 1.82) is 0 Å². The van der Waals surface area contributed by atoms with Crippen molar-refractivity contribution < 1.29 is 5.21 Å². The van der Waals surface area contributed by atoms with Crippen molar-refractivity contribution in [3.05, 3.63) is 59.6 Å². The molecule has 0 heterocycles. The number of hydrogen-bond donors (Lipinski definition) is 1. The van der Waals surface area contributed by atoms with Crippen LogP contribution in [0.5, 0.6) is 0 Å². The van der Waals surface area contributed by atoms with Crippen LogP contribution in [0.15, 0.2) is 59.2 Å². The summed E-state index contributed by atoms with van der Waals surface area (Å²) in [6.45, 7) is 9.42. The fourth-order valence-corrected chi connectivity index (χ4v) is 2.03. The molecule has 0 unspecified atom stereocenters. The molecule has 0 fully saturated rings. The molecule has 0 saturated heterocycles. The Kier molecular flexibility index (Phi) is 6.39. The van der Waals surface area contributed by atoms with E-state index in [4.69, 9.17) is 5.21 Å². The molecule has 0 saturated carbocycles. The maximum atomic E-state index is 9.15. The van der Waals surface area contributed by atoms with E-state index in [0.717, 1.165) is 23.1 Å². The number of benzene rings is 1. The number of rotatable bonds is 7. The minimum Gasteiger partial charge on any atom is -0.411 e. The lowest BCUT2D eigenvalue weighted by atomic mass is 10.1. The SMILES string of the molecule is C=CCN(CC=C)C/C(=N/O)c1cccc(Br)c1. The summed E-state index contributed by atoms with van der Waals surface area (Å²) in [6, 6.07) is 7.69. The van der Waals surface area contributed by atoms with Gasteiger partial charge in [-0.15, -0.1) is 13.2 Å². The van der Waals surface area contributed by atoms with Crippen LogP contribution in [0.2, 0.25) is 0 Å². The lowest BCUT2D eigenvalue weighted by Gasteiger charge is -2.19. The van der Waals surface area contributed by atoms with Crippen molar-refractivity contribution >= 4 is 21.6 Å². The minimum absolute atomic E-state index is 0.547. The fraction of sp³-hybridized carbons (Fsp3) is 0.214. The molecule has 18 heavy (non-hydrogen) atoms. The van der Waals surface area contributed by atoms with Crippen LogP contribution in [0.3, 0.4) is 0 Å². The summed E-state index contributed by atoms with van der Waals surface area (Å²) >= 11 is 3.40. The Labute approximate surface area is 116 Å². The average Bonchev–Trinajstić information content (AvgIpc) is 2.36. The van der Waals surface area contributed by atoms with Crippen LogP contribution in [0.1, 0.15) is 5.56 Å². The molecule has 1 aromatic rings. The molecule has 0 aliphatic carbocycles. The molecule has 0 aliphatic rings. The van der Waals surface area contributed by atoms with Gasteiger partial charge in [0.1, 0.15) is 5.71 Å². The van der Waals surface area contributed by atoms with Crippen molar-refractivity contribution in [1.82, 2.24) is 4.90 Å². The molecule has 4 heteroatoms. The van der Waals surface area contributed by atoms with E-state index in [9.17, 15) is 0 Å². The molecule has 1 aromatic carbocycles. The average molecular weight is 309 g/mol. The van der Waals surface area contributed by atoms with E-state index in [1.165, 1.54) is 0 Å². The highest BCUT2D eigenvalue weighted by Gasteiger charge is 2.09. The van der Waals surface area contributed by atoms with Crippen LogP contribution in [0, 0.1) is 0 Å².